The number of nitrogens with zero attached hydrogens (tertiary/aromatic N) is 3. The number of ether oxygens (including phenoxy) is 1. The van der Waals surface area contributed by atoms with E-state index in [2.05, 4.69) is 15.3 Å². The van der Waals surface area contributed by atoms with Crippen molar-refractivity contribution in [1.29, 1.82) is 0 Å². The molecule has 0 amide bonds. The second kappa shape index (κ2) is 5.11. The molecular formula is C13H14N4O2. The van der Waals surface area contributed by atoms with Gasteiger partial charge in [-0.2, -0.15) is 0 Å². The van der Waals surface area contributed by atoms with Gasteiger partial charge in [0.2, 0.25) is 0 Å². The van der Waals surface area contributed by atoms with E-state index in [1.165, 1.54) is 0 Å². The molecule has 0 saturated heterocycles. The first-order chi connectivity index (χ1) is 9.38. The van der Waals surface area contributed by atoms with Crippen LogP contribution in [0, 0.1) is 0 Å². The predicted molar refractivity (Wildman–Crippen MR) is 71.1 cm³/mol. The molecular weight excluding hydrogens is 244 g/mol. The summed E-state index contributed by atoms with van der Waals surface area (Å²) < 4.78 is 12.1. The van der Waals surface area contributed by atoms with Crippen molar-refractivity contribution in [3.05, 3.63) is 37.2 Å². The van der Waals surface area contributed by atoms with Gasteiger partial charge in [-0.05, 0) is 6.07 Å². The Morgan fingerprint density at radius 1 is 1.47 bits per heavy atom. The van der Waals surface area contributed by atoms with E-state index in [1.807, 2.05) is 22.9 Å². The number of hydrogen-bond acceptors (Lipinski definition) is 5. The number of rotatable bonds is 5. The molecule has 19 heavy (non-hydrogen) atoms. The fraction of sp³-hybridized carbons (Fsp3) is 0.231. The summed E-state index contributed by atoms with van der Waals surface area (Å²) in [6.07, 6.45) is 8.87. The van der Waals surface area contributed by atoms with Crippen LogP contribution in [-0.2, 0) is 4.74 Å². The molecule has 0 unspecified atom stereocenters. The minimum Gasteiger partial charge on any atom is -0.472 e. The Bertz CT molecular complexity index is 660. The van der Waals surface area contributed by atoms with E-state index in [-0.39, 0.29) is 0 Å². The van der Waals surface area contributed by atoms with Gasteiger partial charge in [-0.25, -0.2) is 9.97 Å². The van der Waals surface area contributed by atoms with Gasteiger partial charge < -0.3 is 18.9 Å². The van der Waals surface area contributed by atoms with E-state index in [9.17, 15) is 0 Å². The highest BCUT2D eigenvalue weighted by atomic mass is 16.5. The van der Waals surface area contributed by atoms with Crippen molar-refractivity contribution < 1.29 is 9.15 Å². The van der Waals surface area contributed by atoms with Crippen LogP contribution >= 0.6 is 0 Å². The predicted octanol–water partition coefficient (Wildman–Crippen LogP) is 2.05. The molecule has 0 radical (unpaired) electrons. The van der Waals surface area contributed by atoms with Crippen LogP contribution in [0.3, 0.4) is 0 Å². The van der Waals surface area contributed by atoms with Crippen molar-refractivity contribution >= 4 is 11.5 Å². The summed E-state index contributed by atoms with van der Waals surface area (Å²) in [6, 6.07) is 1.88. The number of anilines is 1. The first-order valence-corrected chi connectivity index (χ1v) is 5.97. The average molecular weight is 258 g/mol. The largest absolute Gasteiger partial charge is 0.472 e. The SMILES string of the molecule is COCCNc1nc(-c2ccoc2)cn2ccnc12. The van der Waals surface area contributed by atoms with Crippen LogP contribution in [0.25, 0.3) is 16.9 Å². The number of methoxy groups -OCH3 is 1. The standard InChI is InChI=1S/C13H14N4O2/c1-18-7-4-14-12-13-15-3-5-17(13)8-11(16-12)10-2-6-19-9-10/h2-3,5-6,8-9H,4,7H2,1H3,(H,14,16). The Hall–Kier alpha value is -2.34. The Morgan fingerprint density at radius 2 is 2.42 bits per heavy atom. The fourth-order valence-corrected chi connectivity index (χ4v) is 1.87. The van der Waals surface area contributed by atoms with Crippen molar-refractivity contribution in [2.75, 3.05) is 25.6 Å². The molecule has 6 heteroatoms. The van der Waals surface area contributed by atoms with Gasteiger partial charge >= 0.3 is 0 Å². The summed E-state index contributed by atoms with van der Waals surface area (Å²) >= 11 is 0. The number of furan rings is 1. The maximum atomic E-state index is 5.10. The first-order valence-electron chi connectivity index (χ1n) is 5.97. The Morgan fingerprint density at radius 3 is 3.21 bits per heavy atom. The molecule has 98 valence electrons. The second-order valence-corrected chi connectivity index (χ2v) is 4.06. The monoisotopic (exact) mass is 258 g/mol. The lowest BCUT2D eigenvalue weighted by Gasteiger charge is -2.08. The first kappa shape index (κ1) is 11.7. The van der Waals surface area contributed by atoms with Crippen LogP contribution in [-0.4, -0.2) is 34.6 Å². The smallest absolute Gasteiger partial charge is 0.180 e. The van der Waals surface area contributed by atoms with Crippen molar-refractivity contribution in [2.24, 2.45) is 0 Å². The van der Waals surface area contributed by atoms with Crippen molar-refractivity contribution in [1.82, 2.24) is 14.4 Å². The summed E-state index contributed by atoms with van der Waals surface area (Å²) in [7, 11) is 1.67. The molecule has 6 nitrogen and oxygen atoms in total. The van der Waals surface area contributed by atoms with Crippen LogP contribution < -0.4 is 5.32 Å². The highest BCUT2D eigenvalue weighted by Crippen LogP contribution is 2.21. The zero-order chi connectivity index (χ0) is 13.1. The Labute approximate surface area is 110 Å². The lowest BCUT2D eigenvalue weighted by molar-refractivity contribution is 0.210. The van der Waals surface area contributed by atoms with Gasteiger partial charge in [0.15, 0.2) is 11.5 Å². The van der Waals surface area contributed by atoms with Gasteiger partial charge in [0.05, 0.1) is 24.8 Å². The number of hydrogen-bond donors (Lipinski definition) is 1. The molecule has 0 spiro atoms. The summed E-state index contributed by atoms with van der Waals surface area (Å²) in [4.78, 5) is 8.87. The zero-order valence-corrected chi connectivity index (χ0v) is 10.5. The van der Waals surface area contributed by atoms with Crippen LogP contribution in [0.1, 0.15) is 0 Å². The number of imidazole rings is 1. The molecule has 0 saturated carbocycles. The molecule has 1 N–H and O–H groups in total. The highest BCUT2D eigenvalue weighted by molar-refractivity contribution is 5.68. The minimum atomic E-state index is 0.616. The molecule has 0 aliphatic rings. The molecule has 0 aliphatic heterocycles. The molecule has 0 aliphatic carbocycles. The lowest BCUT2D eigenvalue weighted by Crippen LogP contribution is -2.10. The number of fused-ring (bicyclic) bond motifs is 1. The van der Waals surface area contributed by atoms with Crippen molar-refractivity contribution in [3.63, 3.8) is 0 Å². The van der Waals surface area contributed by atoms with E-state index < -0.39 is 0 Å². The minimum absolute atomic E-state index is 0.616. The molecule has 3 rings (SSSR count). The third kappa shape index (κ3) is 2.30. The molecule has 3 heterocycles. The number of nitrogens with one attached hydrogen (secondary N) is 1. The van der Waals surface area contributed by atoms with Crippen molar-refractivity contribution in [2.45, 2.75) is 0 Å². The van der Waals surface area contributed by atoms with Gasteiger partial charge in [-0.1, -0.05) is 0 Å². The maximum absolute atomic E-state index is 5.10. The van der Waals surface area contributed by atoms with Gasteiger partial charge in [0.25, 0.3) is 0 Å². The third-order valence-corrected chi connectivity index (χ3v) is 2.79. The third-order valence-electron chi connectivity index (χ3n) is 2.79. The summed E-state index contributed by atoms with van der Waals surface area (Å²) in [5.74, 6) is 0.737. The zero-order valence-electron chi connectivity index (χ0n) is 10.5. The Kier molecular flexibility index (Phi) is 3.16. The van der Waals surface area contributed by atoms with Crippen LogP contribution in [0.15, 0.2) is 41.6 Å². The van der Waals surface area contributed by atoms with E-state index >= 15 is 0 Å². The molecule has 0 atom stereocenters. The molecule has 3 aromatic heterocycles. The topological polar surface area (TPSA) is 64.6 Å². The average Bonchev–Trinajstić information content (AvgIpc) is 3.09. The van der Waals surface area contributed by atoms with Crippen molar-refractivity contribution in [3.8, 4) is 11.3 Å². The van der Waals surface area contributed by atoms with E-state index in [4.69, 9.17) is 9.15 Å². The van der Waals surface area contributed by atoms with Crippen LogP contribution in [0.2, 0.25) is 0 Å². The highest BCUT2D eigenvalue weighted by Gasteiger charge is 2.09. The van der Waals surface area contributed by atoms with E-state index in [0.717, 1.165) is 22.7 Å². The molecule has 0 bridgehead atoms. The number of aromatic nitrogens is 3. The Balaban J connectivity index is 2.00. The van der Waals surface area contributed by atoms with Gasteiger partial charge in [0.1, 0.15) is 0 Å². The quantitative estimate of drug-likeness (QED) is 0.709. The van der Waals surface area contributed by atoms with Crippen LogP contribution in [0.4, 0.5) is 5.82 Å². The normalized spacial score (nSPS) is 11.0. The van der Waals surface area contributed by atoms with Gasteiger partial charge in [-0.15, -0.1) is 0 Å². The summed E-state index contributed by atoms with van der Waals surface area (Å²) in [5.41, 5.74) is 2.56. The molecule has 0 aromatic carbocycles. The van der Waals surface area contributed by atoms with Gasteiger partial charge in [0, 0.05) is 37.8 Å². The summed E-state index contributed by atoms with van der Waals surface area (Å²) in [5, 5.41) is 3.23. The van der Waals surface area contributed by atoms with Gasteiger partial charge in [-0.3, -0.25) is 0 Å². The van der Waals surface area contributed by atoms with E-state index in [0.29, 0.717) is 13.2 Å². The molecule has 0 fully saturated rings. The molecule has 3 aromatic rings. The lowest BCUT2D eigenvalue weighted by atomic mass is 10.2. The maximum Gasteiger partial charge on any atom is 0.180 e. The van der Waals surface area contributed by atoms with E-state index in [1.54, 1.807) is 25.8 Å². The second-order valence-electron chi connectivity index (χ2n) is 4.06. The fourth-order valence-electron chi connectivity index (χ4n) is 1.87. The summed E-state index contributed by atoms with van der Waals surface area (Å²) in [6.45, 7) is 1.30. The van der Waals surface area contributed by atoms with Crippen LogP contribution in [0.5, 0.6) is 0 Å².